The van der Waals surface area contributed by atoms with Gasteiger partial charge in [-0.15, -0.1) is 0 Å². The number of hydrogen-bond donors (Lipinski definition) is 1. The first kappa shape index (κ1) is 17.2. The van der Waals surface area contributed by atoms with Crippen LogP contribution in [0.1, 0.15) is 48.8 Å². The highest BCUT2D eigenvalue weighted by molar-refractivity contribution is 7.92. The number of rotatable bonds is 1. The van der Waals surface area contributed by atoms with Crippen molar-refractivity contribution in [2.24, 2.45) is 0 Å². The molecule has 2 heterocycles. The molecule has 0 aromatic heterocycles. The van der Waals surface area contributed by atoms with E-state index in [2.05, 4.69) is 0 Å². The number of hydrogen-bond acceptors (Lipinski definition) is 4. The zero-order chi connectivity index (χ0) is 17.8. The quantitative estimate of drug-likeness (QED) is 0.836. The number of fused-ring (bicyclic) bond motifs is 2. The van der Waals surface area contributed by atoms with E-state index in [0.29, 0.717) is 18.9 Å². The summed E-state index contributed by atoms with van der Waals surface area (Å²) in [4.78, 5) is 0. The Morgan fingerprint density at radius 2 is 1.79 bits per heavy atom. The van der Waals surface area contributed by atoms with Crippen LogP contribution in [0.3, 0.4) is 0 Å². The minimum Gasteiger partial charge on any atom is -0.385 e. The van der Waals surface area contributed by atoms with Gasteiger partial charge in [0, 0.05) is 5.56 Å². The highest BCUT2D eigenvalue weighted by Gasteiger charge is 2.51. The fourth-order valence-electron chi connectivity index (χ4n) is 3.89. The maximum absolute atomic E-state index is 12.8. The lowest BCUT2D eigenvalue weighted by atomic mass is 9.78. The molecule has 2 atom stereocenters. The van der Waals surface area contributed by atoms with E-state index < -0.39 is 37.7 Å². The van der Waals surface area contributed by atoms with Gasteiger partial charge in [0.25, 0.3) is 0 Å². The number of alkyl halides is 3. The van der Waals surface area contributed by atoms with Crippen molar-refractivity contribution in [3.05, 3.63) is 34.9 Å². The lowest BCUT2D eigenvalue weighted by molar-refractivity contribution is -0.137. The van der Waals surface area contributed by atoms with Crippen molar-refractivity contribution in [1.82, 2.24) is 0 Å². The average molecular weight is 359 g/mol. The number of aliphatic hydroxyl groups is 1. The van der Waals surface area contributed by atoms with Gasteiger partial charge in [-0.2, -0.15) is 18.4 Å². The Morgan fingerprint density at radius 3 is 2.29 bits per heavy atom. The van der Waals surface area contributed by atoms with Crippen molar-refractivity contribution in [2.75, 3.05) is 0 Å². The van der Waals surface area contributed by atoms with Gasteiger partial charge in [0.15, 0.2) is 9.84 Å². The molecular weight excluding hydrogens is 343 g/mol. The van der Waals surface area contributed by atoms with E-state index in [-0.39, 0.29) is 24.0 Å². The van der Waals surface area contributed by atoms with Gasteiger partial charge < -0.3 is 5.11 Å². The predicted molar refractivity (Wildman–Crippen MR) is 79.6 cm³/mol. The molecule has 2 aliphatic heterocycles. The van der Waals surface area contributed by atoms with Gasteiger partial charge in [0.05, 0.1) is 33.3 Å². The number of sulfone groups is 1. The minimum atomic E-state index is -4.58. The van der Waals surface area contributed by atoms with E-state index in [9.17, 15) is 32.0 Å². The second-order valence-corrected chi connectivity index (χ2v) is 9.09. The molecule has 130 valence electrons. The van der Waals surface area contributed by atoms with Crippen molar-refractivity contribution < 1.29 is 26.7 Å². The number of nitriles is 1. The number of nitrogens with zero attached hydrogens (tertiary/aromatic N) is 1. The summed E-state index contributed by atoms with van der Waals surface area (Å²) in [5.74, 6) is 0. The molecule has 3 rings (SSSR count). The fourth-order valence-corrected chi connectivity index (χ4v) is 6.44. The first-order chi connectivity index (χ1) is 11.1. The maximum atomic E-state index is 12.8. The second kappa shape index (κ2) is 5.46. The van der Waals surface area contributed by atoms with Gasteiger partial charge in [0.1, 0.15) is 0 Å². The van der Waals surface area contributed by atoms with Gasteiger partial charge >= 0.3 is 6.18 Å². The molecule has 0 spiro atoms. The first-order valence-corrected chi connectivity index (χ1v) is 9.26. The van der Waals surface area contributed by atoms with Crippen LogP contribution in [0.5, 0.6) is 0 Å². The molecule has 4 nitrogen and oxygen atoms in total. The van der Waals surface area contributed by atoms with Gasteiger partial charge in [-0.3, -0.25) is 0 Å². The number of benzene rings is 1. The summed E-state index contributed by atoms with van der Waals surface area (Å²) in [6.45, 7) is 0. The monoisotopic (exact) mass is 359 g/mol. The van der Waals surface area contributed by atoms with E-state index in [0.717, 1.165) is 18.6 Å². The van der Waals surface area contributed by atoms with E-state index in [1.54, 1.807) is 6.07 Å². The van der Waals surface area contributed by atoms with E-state index in [1.807, 2.05) is 0 Å². The largest absolute Gasteiger partial charge is 0.416 e. The second-order valence-electron chi connectivity index (χ2n) is 6.57. The molecular formula is C16H16F3NO3S. The summed E-state index contributed by atoms with van der Waals surface area (Å²) in [5, 5.41) is 18.8. The smallest absolute Gasteiger partial charge is 0.385 e. The van der Waals surface area contributed by atoms with Crippen molar-refractivity contribution in [1.29, 1.82) is 5.26 Å². The summed E-state index contributed by atoms with van der Waals surface area (Å²) in [6.07, 6.45) is -3.12. The average Bonchev–Trinajstić information content (AvgIpc) is 2.47. The normalized spacial score (nSPS) is 32.1. The molecule has 24 heavy (non-hydrogen) atoms. The molecule has 2 bridgehead atoms. The fraction of sp³-hybridized carbons (Fsp3) is 0.562. The third-order valence-corrected chi connectivity index (χ3v) is 7.74. The Hall–Kier alpha value is -1.59. The van der Waals surface area contributed by atoms with Crippen LogP contribution in [0, 0.1) is 11.3 Å². The Morgan fingerprint density at radius 1 is 1.21 bits per heavy atom. The molecule has 0 aliphatic carbocycles. The molecule has 2 unspecified atom stereocenters. The molecule has 0 saturated carbocycles. The van der Waals surface area contributed by atoms with Crippen LogP contribution in [-0.4, -0.2) is 24.0 Å². The molecule has 0 amide bonds. The van der Waals surface area contributed by atoms with Gasteiger partial charge in [0.2, 0.25) is 0 Å². The Balaban J connectivity index is 2.05. The molecule has 1 N–H and O–H groups in total. The third kappa shape index (κ3) is 2.70. The molecule has 2 aliphatic rings. The van der Waals surface area contributed by atoms with Crippen molar-refractivity contribution >= 4 is 9.84 Å². The van der Waals surface area contributed by atoms with Crippen LogP contribution in [0.2, 0.25) is 0 Å². The van der Waals surface area contributed by atoms with Crippen LogP contribution in [-0.2, 0) is 21.6 Å². The van der Waals surface area contributed by atoms with Crippen LogP contribution in [0.15, 0.2) is 18.2 Å². The van der Waals surface area contributed by atoms with Crippen molar-refractivity contribution in [3.63, 3.8) is 0 Å². The van der Waals surface area contributed by atoms with Crippen molar-refractivity contribution in [3.8, 4) is 6.07 Å². The summed E-state index contributed by atoms with van der Waals surface area (Å²) < 4.78 is 63.1. The zero-order valence-electron chi connectivity index (χ0n) is 12.7. The Kier molecular flexibility index (Phi) is 3.92. The SMILES string of the molecule is N#Cc1cc(C(F)(F)F)ccc1C1(O)CC2CCCC(C1)S2(=O)=O. The molecule has 2 fully saturated rings. The molecule has 8 heteroatoms. The Labute approximate surface area is 137 Å². The maximum Gasteiger partial charge on any atom is 0.416 e. The van der Waals surface area contributed by atoms with Gasteiger partial charge in [-0.25, -0.2) is 8.42 Å². The molecule has 1 aromatic rings. The highest BCUT2D eigenvalue weighted by atomic mass is 32.2. The molecule has 0 radical (unpaired) electrons. The van der Waals surface area contributed by atoms with Crippen LogP contribution in [0.4, 0.5) is 13.2 Å². The van der Waals surface area contributed by atoms with Crippen LogP contribution in [0.25, 0.3) is 0 Å². The first-order valence-electron chi connectivity index (χ1n) is 7.65. The lowest BCUT2D eigenvalue weighted by Gasteiger charge is -2.44. The predicted octanol–water partition coefficient (Wildman–Crippen LogP) is 2.89. The number of halogens is 3. The zero-order valence-corrected chi connectivity index (χ0v) is 13.5. The van der Waals surface area contributed by atoms with E-state index >= 15 is 0 Å². The van der Waals surface area contributed by atoms with Gasteiger partial charge in [-0.05, 0) is 37.8 Å². The Bertz CT molecular complexity index is 791. The molecule has 2 saturated heterocycles. The van der Waals surface area contributed by atoms with E-state index in [4.69, 9.17) is 0 Å². The summed E-state index contributed by atoms with van der Waals surface area (Å²) >= 11 is 0. The van der Waals surface area contributed by atoms with Crippen LogP contribution < -0.4 is 0 Å². The summed E-state index contributed by atoms with van der Waals surface area (Å²) in [6, 6.07) is 4.35. The van der Waals surface area contributed by atoms with Gasteiger partial charge in [-0.1, -0.05) is 12.5 Å². The molecule has 1 aromatic carbocycles. The third-order valence-electron chi connectivity index (χ3n) is 5.08. The van der Waals surface area contributed by atoms with Crippen molar-refractivity contribution in [2.45, 2.75) is 54.4 Å². The highest BCUT2D eigenvalue weighted by Crippen LogP contribution is 2.47. The standard InChI is InChI=1S/C16H16F3NO3S/c17-16(18,19)11-4-5-14(10(6-11)9-20)15(21)7-12-2-1-3-13(8-15)24(12,22)23/h4-6,12-13,21H,1-3,7-8H2. The van der Waals surface area contributed by atoms with E-state index in [1.165, 1.54) is 0 Å². The topological polar surface area (TPSA) is 78.2 Å². The summed E-state index contributed by atoms with van der Waals surface area (Å²) in [7, 11) is -3.32. The summed E-state index contributed by atoms with van der Waals surface area (Å²) in [5.41, 5.74) is -2.72. The minimum absolute atomic E-state index is 0.0775. The van der Waals surface area contributed by atoms with Crippen LogP contribution >= 0.6 is 0 Å². The lowest BCUT2D eigenvalue weighted by Crippen LogP contribution is -2.50.